The van der Waals surface area contributed by atoms with Crippen LogP contribution in [0.4, 0.5) is 13.2 Å². The lowest BCUT2D eigenvalue weighted by Gasteiger charge is -2.08. The molecule has 2 aromatic rings. The van der Waals surface area contributed by atoms with Crippen LogP contribution in [0.2, 0.25) is 0 Å². The first-order valence-electron chi connectivity index (χ1n) is 6.33. The maximum atomic E-state index is 12.4. The van der Waals surface area contributed by atoms with Gasteiger partial charge in [-0.25, -0.2) is 13.1 Å². The molecule has 22 heavy (non-hydrogen) atoms. The molecule has 1 N–H and O–H groups in total. The molecular formula is C13H14F3N3O2S. The maximum absolute atomic E-state index is 12.4. The summed E-state index contributed by atoms with van der Waals surface area (Å²) in [6.45, 7) is 0.0859. The van der Waals surface area contributed by atoms with E-state index in [-0.39, 0.29) is 17.9 Å². The monoisotopic (exact) mass is 333 g/mol. The van der Waals surface area contributed by atoms with Crippen molar-refractivity contribution in [3.63, 3.8) is 0 Å². The van der Waals surface area contributed by atoms with Crippen LogP contribution in [-0.2, 0) is 29.7 Å². The molecule has 2 rings (SSSR count). The molecule has 9 heteroatoms. The van der Waals surface area contributed by atoms with Gasteiger partial charge in [-0.1, -0.05) is 12.1 Å². The Balaban J connectivity index is 1.94. The van der Waals surface area contributed by atoms with Crippen molar-refractivity contribution in [1.82, 2.24) is 14.5 Å². The van der Waals surface area contributed by atoms with E-state index >= 15 is 0 Å². The van der Waals surface area contributed by atoms with Crippen molar-refractivity contribution in [2.24, 2.45) is 7.05 Å². The molecule has 0 amide bonds. The second-order valence-electron chi connectivity index (χ2n) is 4.69. The van der Waals surface area contributed by atoms with Crippen LogP contribution in [0.25, 0.3) is 0 Å². The zero-order valence-electron chi connectivity index (χ0n) is 11.6. The third kappa shape index (κ3) is 4.08. The fourth-order valence-corrected chi connectivity index (χ4v) is 2.83. The summed E-state index contributed by atoms with van der Waals surface area (Å²) in [5, 5.41) is 3.77. The van der Waals surface area contributed by atoms with Gasteiger partial charge in [-0.15, -0.1) is 0 Å². The Labute approximate surface area is 125 Å². The Morgan fingerprint density at radius 2 is 1.86 bits per heavy atom. The van der Waals surface area contributed by atoms with E-state index in [9.17, 15) is 21.6 Å². The Morgan fingerprint density at radius 3 is 2.36 bits per heavy atom. The first-order chi connectivity index (χ1) is 10.2. The van der Waals surface area contributed by atoms with Crippen LogP contribution < -0.4 is 4.72 Å². The van der Waals surface area contributed by atoms with Crippen molar-refractivity contribution in [3.05, 3.63) is 47.8 Å². The second-order valence-corrected chi connectivity index (χ2v) is 6.46. The van der Waals surface area contributed by atoms with Crippen LogP contribution in [-0.4, -0.2) is 24.7 Å². The van der Waals surface area contributed by atoms with Gasteiger partial charge in [-0.05, 0) is 24.1 Å². The molecule has 0 aliphatic rings. The molecule has 120 valence electrons. The molecule has 0 unspecified atom stereocenters. The fourth-order valence-electron chi connectivity index (χ4n) is 1.81. The number of nitrogens with zero attached hydrogens (tertiary/aromatic N) is 2. The molecule has 0 saturated heterocycles. The van der Waals surface area contributed by atoms with E-state index in [1.807, 2.05) is 0 Å². The molecule has 0 spiro atoms. The Morgan fingerprint density at radius 1 is 1.23 bits per heavy atom. The summed E-state index contributed by atoms with van der Waals surface area (Å²) >= 11 is 0. The predicted octanol–water partition coefficient (Wildman–Crippen LogP) is 1.96. The topological polar surface area (TPSA) is 64.0 Å². The highest BCUT2D eigenvalue weighted by molar-refractivity contribution is 7.89. The van der Waals surface area contributed by atoms with Crippen LogP contribution in [0.5, 0.6) is 0 Å². The highest BCUT2D eigenvalue weighted by Gasteiger charge is 2.29. The van der Waals surface area contributed by atoms with E-state index < -0.39 is 21.8 Å². The van der Waals surface area contributed by atoms with Gasteiger partial charge in [0.15, 0.2) is 0 Å². The highest BCUT2D eigenvalue weighted by atomic mass is 32.2. The third-order valence-electron chi connectivity index (χ3n) is 2.98. The number of benzene rings is 1. The van der Waals surface area contributed by atoms with Gasteiger partial charge in [-0.2, -0.15) is 18.3 Å². The number of halogens is 3. The number of nitrogens with one attached hydrogen (secondary N) is 1. The van der Waals surface area contributed by atoms with Gasteiger partial charge in [0.2, 0.25) is 10.0 Å². The van der Waals surface area contributed by atoms with E-state index in [0.29, 0.717) is 5.56 Å². The van der Waals surface area contributed by atoms with Gasteiger partial charge in [0.05, 0.1) is 11.8 Å². The molecule has 0 aliphatic carbocycles. The highest BCUT2D eigenvalue weighted by Crippen LogP contribution is 2.29. The molecule has 0 bridgehead atoms. The Hall–Kier alpha value is -1.87. The van der Waals surface area contributed by atoms with E-state index in [1.165, 1.54) is 29.2 Å². The number of sulfonamides is 1. The van der Waals surface area contributed by atoms with Crippen LogP contribution in [0.15, 0.2) is 41.6 Å². The lowest BCUT2D eigenvalue weighted by Crippen LogP contribution is -2.25. The van der Waals surface area contributed by atoms with Crippen molar-refractivity contribution in [3.8, 4) is 0 Å². The minimum atomic E-state index is -4.37. The van der Waals surface area contributed by atoms with Crippen LogP contribution in [0, 0.1) is 0 Å². The molecule has 1 aromatic heterocycles. The van der Waals surface area contributed by atoms with Gasteiger partial charge in [0.1, 0.15) is 4.90 Å². The molecule has 1 aromatic carbocycles. The largest absolute Gasteiger partial charge is 0.416 e. The van der Waals surface area contributed by atoms with E-state index in [0.717, 1.165) is 12.1 Å². The molecule has 0 atom stereocenters. The average molecular weight is 333 g/mol. The summed E-state index contributed by atoms with van der Waals surface area (Å²) in [6.07, 6.45) is -1.50. The lowest BCUT2D eigenvalue weighted by molar-refractivity contribution is -0.137. The first-order valence-corrected chi connectivity index (χ1v) is 7.81. The van der Waals surface area contributed by atoms with Crippen molar-refractivity contribution in [2.75, 3.05) is 6.54 Å². The van der Waals surface area contributed by atoms with Crippen LogP contribution >= 0.6 is 0 Å². The van der Waals surface area contributed by atoms with Crippen LogP contribution in [0.3, 0.4) is 0 Å². The summed E-state index contributed by atoms with van der Waals surface area (Å²) in [5.74, 6) is 0. The minimum Gasteiger partial charge on any atom is -0.274 e. The SMILES string of the molecule is Cn1cc(S(=O)(=O)NCCc2ccc(C(F)(F)F)cc2)cn1. The summed E-state index contributed by atoms with van der Waals surface area (Å²) in [4.78, 5) is 0.0439. The molecule has 1 heterocycles. The smallest absolute Gasteiger partial charge is 0.274 e. The molecular weight excluding hydrogens is 319 g/mol. The lowest BCUT2D eigenvalue weighted by atomic mass is 10.1. The average Bonchev–Trinajstić information content (AvgIpc) is 2.86. The summed E-state index contributed by atoms with van der Waals surface area (Å²) in [6, 6.07) is 4.62. The number of rotatable bonds is 5. The van der Waals surface area contributed by atoms with Crippen molar-refractivity contribution >= 4 is 10.0 Å². The molecule has 5 nitrogen and oxygen atoms in total. The number of aryl methyl sites for hydroxylation is 1. The zero-order valence-corrected chi connectivity index (χ0v) is 12.4. The third-order valence-corrected chi connectivity index (χ3v) is 4.39. The van der Waals surface area contributed by atoms with E-state index in [2.05, 4.69) is 9.82 Å². The number of hydrogen-bond acceptors (Lipinski definition) is 3. The fraction of sp³-hybridized carbons (Fsp3) is 0.308. The van der Waals surface area contributed by atoms with Crippen LogP contribution in [0.1, 0.15) is 11.1 Å². The Bertz CT molecular complexity index is 737. The van der Waals surface area contributed by atoms with Crippen molar-refractivity contribution in [1.29, 1.82) is 0 Å². The van der Waals surface area contributed by atoms with Gasteiger partial charge in [-0.3, -0.25) is 4.68 Å². The van der Waals surface area contributed by atoms with Gasteiger partial charge < -0.3 is 0 Å². The van der Waals surface area contributed by atoms with Gasteiger partial charge >= 0.3 is 6.18 Å². The maximum Gasteiger partial charge on any atom is 0.416 e. The molecule has 0 radical (unpaired) electrons. The van der Waals surface area contributed by atoms with Gasteiger partial charge in [0.25, 0.3) is 0 Å². The molecule has 0 saturated carbocycles. The zero-order chi connectivity index (χ0) is 16.4. The number of aromatic nitrogens is 2. The quantitative estimate of drug-likeness (QED) is 0.910. The van der Waals surface area contributed by atoms with Crippen molar-refractivity contribution in [2.45, 2.75) is 17.5 Å². The second kappa shape index (κ2) is 6.09. The van der Waals surface area contributed by atoms with E-state index in [1.54, 1.807) is 7.05 Å². The number of hydrogen-bond donors (Lipinski definition) is 1. The summed E-state index contributed by atoms with van der Waals surface area (Å²) in [5.41, 5.74) is -0.117. The summed E-state index contributed by atoms with van der Waals surface area (Å²) in [7, 11) is -2.06. The summed E-state index contributed by atoms with van der Waals surface area (Å²) < 4.78 is 64.8. The first kappa shape index (κ1) is 16.5. The van der Waals surface area contributed by atoms with E-state index in [4.69, 9.17) is 0 Å². The Kier molecular flexibility index (Phi) is 4.57. The standard InChI is InChI=1S/C13H14F3N3O2S/c1-19-9-12(8-17-19)22(20,21)18-7-6-10-2-4-11(5-3-10)13(14,15)16/h2-5,8-9,18H,6-7H2,1H3. The van der Waals surface area contributed by atoms with Gasteiger partial charge in [0, 0.05) is 19.8 Å². The number of alkyl halides is 3. The molecule has 0 fully saturated rings. The molecule has 0 aliphatic heterocycles. The normalized spacial score (nSPS) is 12.5. The van der Waals surface area contributed by atoms with Crippen molar-refractivity contribution < 1.29 is 21.6 Å². The minimum absolute atomic E-state index is 0.0439. The predicted molar refractivity (Wildman–Crippen MR) is 73.5 cm³/mol.